The zero-order valence-electron chi connectivity index (χ0n) is 20.4. The maximum Gasteiger partial charge on any atom is 0.265 e. The summed E-state index contributed by atoms with van der Waals surface area (Å²) in [5.41, 5.74) is 2.68. The predicted octanol–water partition coefficient (Wildman–Crippen LogP) is 4.95. The highest BCUT2D eigenvalue weighted by Crippen LogP contribution is 2.30. The van der Waals surface area contributed by atoms with Crippen molar-refractivity contribution in [3.63, 3.8) is 0 Å². The van der Waals surface area contributed by atoms with Crippen LogP contribution in [-0.2, 0) is 14.8 Å². The number of ether oxygens (including phenoxy) is 3. The fourth-order valence-corrected chi connectivity index (χ4v) is 4.67. The Bertz CT molecular complexity index is 1290. The van der Waals surface area contributed by atoms with Crippen molar-refractivity contribution in [2.45, 2.75) is 31.6 Å². The summed E-state index contributed by atoms with van der Waals surface area (Å²) < 4.78 is 44.7. The molecule has 0 fully saturated rings. The molecule has 0 aliphatic heterocycles. The number of anilines is 2. The summed E-state index contributed by atoms with van der Waals surface area (Å²) in [7, 11) is -1.10. The maximum atomic E-state index is 13.1. The number of benzene rings is 3. The second kappa shape index (κ2) is 11.1. The van der Waals surface area contributed by atoms with E-state index in [2.05, 4.69) is 23.9 Å². The van der Waals surface area contributed by atoms with Gasteiger partial charge < -0.3 is 19.5 Å². The largest absolute Gasteiger partial charge is 0.497 e. The van der Waals surface area contributed by atoms with Crippen LogP contribution in [0.4, 0.5) is 11.4 Å². The normalized spacial score (nSPS) is 11.1. The van der Waals surface area contributed by atoms with Crippen molar-refractivity contribution < 1.29 is 27.4 Å². The fraction of sp³-hybridized carbons (Fsp3) is 0.269. The Kier molecular flexibility index (Phi) is 8.24. The van der Waals surface area contributed by atoms with Gasteiger partial charge in [-0.2, -0.15) is 0 Å². The molecule has 186 valence electrons. The number of hydrogen-bond donors (Lipinski definition) is 2. The van der Waals surface area contributed by atoms with Gasteiger partial charge in [0.1, 0.15) is 22.1 Å². The highest BCUT2D eigenvalue weighted by atomic mass is 32.2. The Balaban J connectivity index is 1.75. The van der Waals surface area contributed by atoms with Gasteiger partial charge in [0.05, 0.1) is 14.2 Å². The van der Waals surface area contributed by atoms with E-state index in [1.807, 2.05) is 25.1 Å². The molecule has 8 nitrogen and oxygen atoms in total. The molecule has 0 aliphatic rings. The molecule has 0 spiro atoms. The van der Waals surface area contributed by atoms with Gasteiger partial charge in [0.2, 0.25) is 0 Å². The summed E-state index contributed by atoms with van der Waals surface area (Å²) in [4.78, 5) is 12.5. The summed E-state index contributed by atoms with van der Waals surface area (Å²) in [6.45, 7) is 5.84. The number of methoxy groups -OCH3 is 2. The van der Waals surface area contributed by atoms with Crippen LogP contribution in [0.15, 0.2) is 65.6 Å². The van der Waals surface area contributed by atoms with Crippen LogP contribution in [0, 0.1) is 6.92 Å². The number of amides is 1. The van der Waals surface area contributed by atoms with Gasteiger partial charge >= 0.3 is 0 Å². The first-order chi connectivity index (χ1) is 16.6. The van der Waals surface area contributed by atoms with E-state index in [-0.39, 0.29) is 23.2 Å². The topological polar surface area (TPSA) is 103 Å². The molecule has 3 aromatic rings. The molecule has 3 rings (SSSR count). The maximum absolute atomic E-state index is 13.1. The predicted molar refractivity (Wildman–Crippen MR) is 136 cm³/mol. The second-order valence-electron chi connectivity index (χ2n) is 8.23. The highest BCUT2D eigenvalue weighted by Gasteiger charge is 2.21. The molecular weight excluding hydrogens is 468 g/mol. The molecule has 0 aromatic heterocycles. The minimum Gasteiger partial charge on any atom is -0.497 e. The number of aryl methyl sites for hydroxylation is 1. The molecular formula is C26H30N2O6S. The van der Waals surface area contributed by atoms with E-state index in [9.17, 15) is 13.2 Å². The van der Waals surface area contributed by atoms with E-state index < -0.39 is 15.9 Å². The van der Waals surface area contributed by atoms with Crippen LogP contribution < -0.4 is 24.2 Å². The molecule has 3 aromatic carbocycles. The summed E-state index contributed by atoms with van der Waals surface area (Å²) in [6.07, 6.45) is 0. The molecule has 0 saturated heterocycles. The number of carbonyl (C=O) groups is 1. The second-order valence-corrected chi connectivity index (χ2v) is 9.88. The number of sulfonamides is 1. The van der Waals surface area contributed by atoms with Gasteiger partial charge in [-0.1, -0.05) is 26.0 Å². The van der Waals surface area contributed by atoms with E-state index in [1.54, 1.807) is 30.3 Å². The summed E-state index contributed by atoms with van der Waals surface area (Å²) in [5, 5.41) is 2.69. The summed E-state index contributed by atoms with van der Waals surface area (Å²) in [6, 6.07) is 16.7. The molecule has 1 amide bonds. The SMILES string of the molecule is COc1ccc(NS(=O)(=O)c2cc(NC(=O)COc3cc(C)ccc3C(C)C)ccc2OC)cc1. The van der Waals surface area contributed by atoms with Crippen LogP contribution in [0.2, 0.25) is 0 Å². The molecule has 0 aliphatic carbocycles. The third-order valence-electron chi connectivity index (χ3n) is 5.23. The van der Waals surface area contributed by atoms with E-state index in [0.29, 0.717) is 22.9 Å². The molecule has 35 heavy (non-hydrogen) atoms. The minimum atomic E-state index is -4.01. The smallest absolute Gasteiger partial charge is 0.265 e. The van der Waals surface area contributed by atoms with Crippen LogP contribution in [0.5, 0.6) is 17.2 Å². The monoisotopic (exact) mass is 498 g/mol. The van der Waals surface area contributed by atoms with Gasteiger partial charge in [0.25, 0.3) is 15.9 Å². The Hall–Kier alpha value is -3.72. The molecule has 2 N–H and O–H groups in total. The number of nitrogens with one attached hydrogen (secondary N) is 2. The van der Waals surface area contributed by atoms with Gasteiger partial charge in [-0.3, -0.25) is 9.52 Å². The van der Waals surface area contributed by atoms with Gasteiger partial charge in [-0.25, -0.2) is 8.42 Å². The zero-order chi connectivity index (χ0) is 25.6. The van der Waals surface area contributed by atoms with Crippen LogP contribution in [-0.4, -0.2) is 35.2 Å². The zero-order valence-corrected chi connectivity index (χ0v) is 21.2. The Morgan fingerprint density at radius 3 is 2.20 bits per heavy atom. The first kappa shape index (κ1) is 25.9. The van der Waals surface area contributed by atoms with Crippen molar-refractivity contribution in [1.82, 2.24) is 0 Å². The van der Waals surface area contributed by atoms with Crippen LogP contribution >= 0.6 is 0 Å². The first-order valence-electron chi connectivity index (χ1n) is 11.0. The number of rotatable bonds is 10. The lowest BCUT2D eigenvalue weighted by molar-refractivity contribution is -0.118. The molecule has 0 radical (unpaired) electrons. The standard InChI is InChI=1S/C26H30N2O6S/c1-17(2)22-12-6-18(3)14-24(22)34-16-26(29)27-20-9-13-23(33-5)25(15-20)35(30,31)28-19-7-10-21(32-4)11-8-19/h6-15,17,28H,16H2,1-5H3,(H,27,29). The Morgan fingerprint density at radius 2 is 1.57 bits per heavy atom. The Labute approximate surface area is 206 Å². The van der Waals surface area contributed by atoms with E-state index in [0.717, 1.165) is 11.1 Å². The quantitative estimate of drug-likeness (QED) is 0.410. The fourth-order valence-electron chi connectivity index (χ4n) is 3.42. The third-order valence-corrected chi connectivity index (χ3v) is 6.63. The van der Waals surface area contributed by atoms with Crippen molar-refractivity contribution in [2.24, 2.45) is 0 Å². The third kappa shape index (κ3) is 6.66. The molecule has 0 saturated carbocycles. The highest BCUT2D eigenvalue weighted by molar-refractivity contribution is 7.92. The average Bonchev–Trinajstić information content (AvgIpc) is 2.83. The van der Waals surface area contributed by atoms with Crippen LogP contribution in [0.3, 0.4) is 0 Å². The lowest BCUT2D eigenvalue weighted by Crippen LogP contribution is -2.21. The van der Waals surface area contributed by atoms with Crippen molar-refractivity contribution in [3.05, 3.63) is 71.8 Å². The van der Waals surface area contributed by atoms with E-state index in [1.165, 1.54) is 26.4 Å². The molecule has 0 heterocycles. The molecule has 0 unspecified atom stereocenters. The van der Waals surface area contributed by atoms with Crippen molar-refractivity contribution in [1.29, 1.82) is 0 Å². The van der Waals surface area contributed by atoms with Gasteiger partial charge in [0.15, 0.2) is 6.61 Å². The van der Waals surface area contributed by atoms with Gasteiger partial charge in [0, 0.05) is 11.4 Å². The minimum absolute atomic E-state index is 0.115. The van der Waals surface area contributed by atoms with Gasteiger partial charge in [-0.15, -0.1) is 0 Å². The van der Waals surface area contributed by atoms with Crippen LogP contribution in [0.1, 0.15) is 30.9 Å². The van der Waals surface area contributed by atoms with Crippen molar-refractivity contribution in [2.75, 3.05) is 30.9 Å². The Morgan fingerprint density at radius 1 is 0.886 bits per heavy atom. The molecule has 9 heteroatoms. The van der Waals surface area contributed by atoms with Crippen molar-refractivity contribution in [3.8, 4) is 17.2 Å². The molecule has 0 atom stereocenters. The lowest BCUT2D eigenvalue weighted by atomic mass is 10.0. The number of carbonyl (C=O) groups excluding carboxylic acids is 1. The molecule has 0 bridgehead atoms. The summed E-state index contributed by atoms with van der Waals surface area (Å²) >= 11 is 0. The van der Waals surface area contributed by atoms with Crippen LogP contribution in [0.25, 0.3) is 0 Å². The lowest BCUT2D eigenvalue weighted by Gasteiger charge is -2.16. The van der Waals surface area contributed by atoms with Crippen molar-refractivity contribution >= 4 is 27.3 Å². The van der Waals surface area contributed by atoms with E-state index in [4.69, 9.17) is 14.2 Å². The first-order valence-corrected chi connectivity index (χ1v) is 12.5. The van der Waals surface area contributed by atoms with Gasteiger partial charge in [-0.05, 0) is 72.5 Å². The summed E-state index contributed by atoms with van der Waals surface area (Å²) in [5.74, 6) is 1.21. The van der Waals surface area contributed by atoms with E-state index >= 15 is 0 Å². The average molecular weight is 499 g/mol. The number of hydrogen-bond acceptors (Lipinski definition) is 6.